The third-order valence-corrected chi connectivity index (χ3v) is 3.46. The number of carbonyl (C=O) groups excluding carboxylic acids is 1. The monoisotopic (exact) mass is 262 g/mol. The predicted molar refractivity (Wildman–Crippen MR) is 69.6 cm³/mol. The summed E-state index contributed by atoms with van der Waals surface area (Å²) in [6.45, 7) is 1.32. The van der Waals surface area contributed by atoms with Gasteiger partial charge in [0.25, 0.3) is 5.91 Å². The van der Waals surface area contributed by atoms with Crippen molar-refractivity contribution in [3.05, 3.63) is 35.8 Å². The number of ether oxygens (including phenoxy) is 1. The Hall–Kier alpha value is -1.88. The van der Waals surface area contributed by atoms with Gasteiger partial charge < -0.3 is 15.0 Å². The topological polar surface area (TPSA) is 54.1 Å². The number of hydrogen-bond acceptors (Lipinski definition) is 2. The molecule has 1 fully saturated rings. The molecule has 100 valence electrons. The number of nitrogens with one attached hydrogen (secondary N) is 2. The van der Waals surface area contributed by atoms with Crippen molar-refractivity contribution in [2.24, 2.45) is 0 Å². The Kier molecular flexibility index (Phi) is 3.21. The van der Waals surface area contributed by atoms with Crippen LogP contribution in [0, 0.1) is 5.82 Å². The molecule has 0 bridgehead atoms. The minimum atomic E-state index is -0.379. The molecule has 1 aliphatic heterocycles. The number of aromatic nitrogens is 1. The number of carbonyl (C=O) groups is 1. The largest absolute Gasteiger partial charge is 0.381 e. The zero-order valence-electron chi connectivity index (χ0n) is 10.4. The average Bonchev–Trinajstić information content (AvgIpc) is 2.85. The molecule has 4 nitrogen and oxygen atoms in total. The van der Waals surface area contributed by atoms with Crippen LogP contribution in [0.5, 0.6) is 0 Å². The highest BCUT2D eigenvalue weighted by Gasteiger charge is 2.20. The van der Waals surface area contributed by atoms with E-state index in [1.165, 1.54) is 6.07 Å². The Labute approximate surface area is 109 Å². The van der Waals surface area contributed by atoms with Gasteiger partial charge in [0.15, 0.2) is 0 Å². The molecule has 0 saturated carbocycles. The lowest BCUT2D eigenvalue weighted by molar-refractivity contribution is 0.0697. The number of hydrogen-bond donors (Lipinski definition) is 2. The van der Waals surface area contributed by atoms with Crippen LogP contribution >= 0.6 is 0 Å². The van der Waals surface area contributed by atoms with Crippen molar-refractivity contribution < 1.29 is 13.9 Å². The van der Waals surface area contributed by atoms with E-state index in [0.717, 1.165) is 12.8 Å². The average molecular weight is 262 g/mol. The van der Waals surface area contributed by atoms with Gasteiger partial charge in [0.1, 0.15) is 5.82 Å². The first-order chi connectivity index (χ1) is 9.25. The summed E-state index contributed by atoms with van der Waals surface area (Å²) in [6.07, 6.45) is 3.16. The Bertz CT molecular complexity index is 603. The van der Waals surface area contributed by atoms with Gasteiger partial charge in [-0.1, -0.05) is 6.07 Å². The molecule has 1 aromatic heterocycles. The van der Waals surface area contributed by atoms with E-state index in [0.29, 0.717) is 29.7 Å². The Morgan fingerprint density at radius 1 is 1.37 bits per heavy atom. The molecule has 5 heteroatoms. The maximum Gasteiger partial charge on any atom is 0.253 e. The summed E-state index contributed by atoms with van der Waals surface area (Å²) in [5, 5.41) is 3.29. The van der Waals surface area contributed by atoms with E-state index < -0.39 is 0 Å². The molecule has 1 aliphatic rings. The van der Waals surface area contributed by atoms with E-state index in [-0.39, 0.29) is 17.8 Å². The summed E-state index contributed by atoms with van der Waals surface area (Å²) in [5.41, 5.74) is 0.997. The van der Waals surface area contributed by atoms with Gasteiger partial charge in [-0.15, -0.1) is 0 Å². The van der Waals surface area contributed by atoms with E-state index in [1.54, 1.807) is 18.3 Å². The standard InChI is InChI=1S/C14H15FN2O2/c15-11-2-1-3-12-13(11)10(8-16-12)14(18)17-9-4-6-19-7-5-9/h1-3,8-9,16H,4-7H2,(H,17,18). The molecule has 2 N–H and O–H groups in total. The smallest absolute Gasteiger partial charge is 0.253 e. The van der Waals surface area contributed by atoms with Crippen LogP contribution in [0.2, 0.25) is 0 Å². The van der Waals surface area contributed by atoms with Crippen molar-refractivity contribution in [3.8, 4) is 0 Å². The van der Waals surface area contributed by atoms with Gasteiger partial charge in [0.2, 0.25) is 0 Å². The second-order valence-electron chi connectivity index (χ2n) is 4.72. The molecule has 3 rings (SSSR count). The van der Waals surface area contributed by atoms with Crippen molar-refractivity contribution in [1.82, 2.24) is 10.3 Å². The first-order valence-electron chi connectivity index (χ1n) is 6.40. The lowest BCUT2D eigenvalue weighted by Crippen LogP contribution is -2.38. The number of H-pyrrole nitrogens is 1. The Morgan fingerprint density at radius 3 is 2.95 bits per heavy atom. The van der Waals surface area contributed by atoms with Gasteiger partial charge in [-0.25, -0.2) is 4.39 Å². The highest BCUT2D eigenvalue weighted by atomic mass is 19.1. The van der Waals surface area contributed by atoms with Gasteiger partial charge in [-0.2, -0.15) is 0 Å². The number of benzene rings is 1. The zero-order valence-corrected chi connectivity index (χ0v) is 10.4. The fraction of sp³-hybridized carbons (Fsp3) is 0.357. The molecule has 0 radical (unpaired) electrons. The van der Waals surface area contributed by atoms with E-state index in [1.807, 2.05) is 0 Å². The van der Waals surface area contributed by atoms with Crippen LogP contribution in [0.4, 0.5) is 4.39 Å². The van der Waals surface area contributed by atoms with Crippen molar-refractivity contribution >= 4 is 16.8 Å². The Balaban J connectivity index is 1.85. The molecule has 0 spiro atoms. The molecule has 1 amide bonds. The van der Waals surface area contributed by atoms with Crippen LogP contribution in [0.3, 0.4) is 0 Å². The molecule has 2 heterocycles. The lowest BCUT2D eigenvalue weighted by Gasteiger charge is -2.22. The minimum absolute atomic E-state index is 0.109. The molecule has 1 saturated heterocycles. The minimum Gasteiger partial charge on any atom is -0.381 e. The first kappa shape index (κ1) is 12.2. The van der Waals surface area contributed by atoms with Crippen LogP contribution < -0.4 is 5.32 Å². The number of rotatable bonds is 2. The molecule has 0 aliphatic carbocycles. The Morgan fingerprint density at radius 2 is 2.16 bits per heavy atom. The van der Waals surface area contributed by atoms with Crippen molar-refractivity contribution in [2.75, 3.05) is 13.2 Å². The van der Waals surface area contributed by atoms with Gasteiger partial charge in [0.05, 0.1) is 5.56 Å². The molecule has 0 atom stereocenters. The van der Waals surface area contributed by atoms with Gasteiger partial charge in [-0.05, 0) is 25.0 Å². The molecule has 0 unspecified atom stereocenters. The summed E-state index contributed by atoms with van der Waals surface area (Å²) >= 11 is 0. The van der Waals surface area contributed by atoms with Crippen molar-refractivity contribution in [2.45, 2.75) is 18.9 Å². The van der Waals surface area contributed by atoms with Crippen LogP contribution in [0.1, 0.15) is 23.2 Å². The fourth-order valence-corrected chi connectivity index (χ4v) is 2.42. The SMILES string of the molecule is O=C(NC1CCOCC1)c1c[nH]c2cccc(F)c12. The van der Waals surface area contributed by atoms with Gasteiger partial charge in [-0.3, -0.25) is 4.79 Å². The number of fused-ring (bicyclic) bond motifs is 1. The van der Waals surface area contributed by atoms with E-state index in [2.05, 4.69) is 10.3 Å². The van der Waals surface area contributed by atoms with Gasteiger partial charge >= 0.3 is 0 Å². The van der Waals surface area contributed by atoms with Gasteiger partial charge in [0, 0.05) is 36.4 Å². The number of amides is 1. The van der Waals surface area contributed by atoms with E-state index in [4.69, 9.17) is 4.74 Å². The first-order valence-corrected chi connectivity index (χ1v) is 6.40. The molecule has 2 aromatic rings. The summed E-state index contributed by atoms with van der Waals surface area (Å²) in [4.78, 5) is 15.1. The summed E-state index contributed by atoms with van der Waals surface area (Å²) in [6, 6.07) is 4.84. The second-order valence-corrected chi connectivity index (χ2v) is 4.72. The second kappa shape index (κ2) is 5.01. The number of aromatic amines is 1. The molecule has 19 heavy (non-hydrogen) atoms. The molecule has 1 aromatic carbocycles. The molecular weight excluding hydrogens is 247 g/mol. The highest BCUT2D eigenvalue weighted by molar-refractivity contribution is 6.07. The van der Waals surface area contributed by atoms with E-state index >= 15 is 0 Å². The van der Waals surface area contributed by atoms with Crippen LogP contribution in [-0.4, -0.2) is 30.1 Å². The highest BCUT2D eigenvalue weighted by Crippen LogP contribution is 2.21. The maximum absolute atomic E-state index is 13.8. The zero-order chi connectivity index (χ0) is 13.2. The van der Waals surface area contributed by atoms with Crippen molar-refractivity contribution in [3.63, 3.8) is 0 Å². The third-order valence-electron chi connectivity index (χ3n) is 3.46. The fourth-order valence-electron chi connectivity index (χ4n) is 2.42. The quantitative estimate of drug-likeness (QED) is 0.872. The summed E-state index contributed by atoms with van der Waals surface area (Å²) in [5.74, 6) is -0.612. The van der Waals surface area contributed by atoms with Crippen LogP contribution in [0.15, 0.2) is 24.4 Å². The van der Waals surface area contributed by atoms with E-state index in [9.17, 15) is 9.18 Å². The number of halogens is 1. The normalized spacial score (nSPS) is 16.7. The van der Waals surface area contributed by atoms with Crippen LogP contribution in [0.25, 0.3) is 10.9 Å². The molecular formula is C14H15FN2O2. The summed E-state index contributed by atoms with van der Waals surface area (Å²) < 4.78 is 19.0. The lowest BCUT2D eigenvalue weighted by atomic mass is 10.1. The summed E-state index contributed by atoms with van der Waals surface area (Å²) in [7, 11) is 0. The van der Waals surface area contributed by atoms with Crippen molar-refractivity contribution in [1.29, 1.82) is 0 Å². The maximum atomic E-state index is 13.8. The van der Waals surface area contributed by atoms with Crippen LogP contribution in [-0.2, 0) is 4.74 Å². The third kappa shape index (κ3) is 2.33. The predicted octanol–water partition coefficient (Wildman–Crippen LogP) is 2.22.